The Bertz CT molecular complexity index is 699. The van der Waals surface area contributed by atoms with Gasteiger partial charge in [-0.05, 0) is 23.8 Å². The van der Waals surface area contributed by atoms with Crippen LogP contribution in [0.15, 0.2) is 30.5 Å². The molecule has 1 fully saturated rings. The van der Waals surface area contributed by atoms with Gasteiger partial charge in [0.15, 0.2) is 5.11 Å². The number of hydrogen-bond donors (Lipinski definition) is 5. The number of carbonyl (C=O) groups excluding carboxylic acids is 1. The van der Waals surface area contributed by atoms with Crippen LogP contribution in [0.3, 0.4) is 0 Å². The zero-order valence-corrected chi connectivity index (χ0v) is 12.4. The van der Waals surface area contributed by atoms with E-state index in [2.05, 4.69) is 27.8 Å². The molecule has 0 unspecified atom stereocenters. The van der Waals surface area contributed by atoms with Crippen LogP contribution >= 0.6 is 12.2 Å². The van der Waals surface area contributed by atoms with Crippen molar-refractivity contribution in [2.75, 3.05) is 6.54 Å². The molecule has 1 atom stereocenters. The molecule has 6 N–H and O–H groups in total. The lowest BCUT2D eigenvalue weighted by atomic mass is 10.1. The summed E-state index contributed by atoms with van der Waals surface area (Å²) in [5.41, 5.74) is 7.43. The topological polar surface area (TPSA) is 120 Å². The molecule has 1 aliphatic rings. The van der Waals surface area contributed by atoms with E-state index >= 15 is 0 Å². The number of benzene rings is 1. The second kappa shape index (κ2) is 7.01. The molecule has 8 heteroatoms. The number of hydrogen-bond acceptors (Lipinski definition) is 4. The van der Waals surface area contributed by atoms with Crippen molar-refractivity contribution in [3.05, 3.63) is 36.0 Å². The number of thiocarbonyl (C=S) groups is 1. The molecule has 0 bridgehead atoms. The van der Waals surface area contributed by atoms with E-state index < -0.39 is 12.0 Å². The molecule has 1 aromatic heterocycles. The van der Waals surface area contributed by atoms with Gasteiger partial charge in [-0.3, -0.25) is 9.59 Å². The van der Waals surface area contributed by atoms with Crippen molar-refractivity contribution in [2.24, 2.45) is 5.73 Å². The Morgan fingerprint density at radius 1 is 1.41 bits per heavy atom. The number of carboxylic acid groups (broad SMARTS) is 1. The third-order valence-corrected chi connectivity index (χ3v) is 3.34. The average molecular weight is 320 g/mol. The van der Waals surface area contributed by atoms with Crippen LogP contribution < -0.4 is 16.4 Å². The largest absolute Gasteiger partial charge is 0.480 e. The van der Waals surface area contributed by atoms with E-state index in [9.17, 15) is 9.59 Å². The molecule has 0 spiro atoms. The summed E-state index contributed by atoms with van der Waals surface area (Å²) in [6.07, 6.45) is 2.16. The lowest BCUT2D eigenvalue weighted by molar-refractivity contribution is -0.138. The van der Waals surface area contributed by atoms with Crippen LogP contribution in [0.2, 0.25) is 0 Å². The summed E-state index contributed by atoms with van der Waals surface area (Å²) in [5, 5.41) is 15.2. The Kier molecular flexibility index (Phi) is 5.08. The normalized spacial score (nSPS) is 14.8. The number of rotatable bonds is 3. The van der Waals surface area contributed by atoms with Crippen LogP contribution in [0, 0.1) is 0 Å². The van der Waals surface area contributed by atoms with E-state index in [1.807, 2.05) is 30.5 Å². The Morgan fingerprint density at radius 3 is 2.68 bits per heavy atom. The first kappa shape index (κ1) is 15.9. The SMILES string of the molecule is N[C@@H](Cc1c[nH]c2ccccc12)C(=O)O.O=C1CNC(=S)N1. The smallest absolute Gasteiger partial charge is 0.320 e. The molecule has 1 amide bonds. The number of para-hydroxylation sites is 1. The number of carbonyl (C=O) groups is 2. The maximum Gasteiger partial charge on any atom is 0.320 e. The molecule has 22 heavy (non-hydrogen) atoms. The highest BCUT2D eigenvalue weighted by atomic mass is 32.1. The number of aromatic amines is 1. The van der Waals surface area contributed by atoms with Crippen LogP contribution in [-0.4, -0.2) is 39.7 Å². The Balaban J connectivity index is 0.000000211. The molecule has 0 saturated carbocycles. The van der Waals surface area contributed by atoms with Crippen LogP contribution in [-0.2, 0) is 16.0 Å². The van der Waals surface area contributed by atoms with Crippen molar-refractivity contribution >= 4 is 40.1 Å². The van der Waals surface area contributed by atoms with Gasteiger partial charge in [-0.2, -0.15) is 0 Å². The minimum Gasteiger partial charge on any atom is -0.480 e. The fourth-order valence-electron chi connectivity index (χ4n) is 2.00. The average Bonchev–Trinajstić information content (AvgIpc) is 3.06. The van der Waals surface area contributed by atoms with Gasteiger partial charge in [-0.15, -0.1) is 0 Å². The Hall–Kier alpha value is -2.45. The number of amides is 1. The Morgan fingerprint density at radius 2 is 2.14 bits per heavy atom. The second-order valence-corrected chi connectivity index (χ2v) is 5.15. The van der Waals surface area contributed by atoms with Gasteiger partial charge in [0.05, 0.1) is 6.54 Å². The molecule has 2 heterocycles. The highest BCUT2D eigenvalue weighted by Crippen LogP contribution is 2.18. The van der Waals surface area contributed by atoms with Crippen LogP contribution in [0.1, 0.15) is 5.56 Å². The van der Waals surface area contributed by atoms with Gasteiger partial charge < -0.3 is 26.5 Å². The summed E-state index contributed by atoms with van der Waals surface area (Å²) in [6, 6.07) is 6.91. The summed E-state index contributed by atoms with van der Waals surface area (Å²) in [4.78, 5) is 23.9. The van der Waals surface area contributed by atoms with Gasteiger partial charge in [0.1, 0.15) is 6.04 Å². The maximum atomic E-state index is 10.6. The third kappa shape index (κ3) is 4.03. The van der Waals surface area contributed by atoms with Crippen LogP contribution in [0.4, 0.5) is 0 Å². The molecule has 0 aliphatic carbocycles. The molecular weight excluding hydrogens is 304 g/mol. The van der Waals surface area contributed by atoms with Gasteiger partial charge in [-0.1, -0.05) is 18.2 Å². The molecule has 2 aromatic rings. The number of carboxylic acids is 1. The van der Waals surface area contributed by atoms with Crippen molar-refractivity contribution in [3.63, 3.8) is 0 Å². The molecule has 0 radical (unpaired) electrons. The summed E-state index contributed by atoms with van der Waals surface area (Å²) in [5.74, 6) is -1.02. The molecule has 1 saturated heterocycles. The van der Waals surface area contributed by atoms with E-state index in [-0.39, 0.29) is 5.91 Å². The standard InChI is InChI=1S/C11H12N2O2.C3H4N2OS/c12-9(11(14)15)5-7-6-13-10-4-2-1-3-8(7)10;6-2-1-4-3(7)5-2/h1-4,6,9,13H,5,12H2,(H,14,15);1H2,(H2,4,5,6,7)/t9-;/m0./s1. The summed E-state index contributed by atoms with van der Waals surface area (Å²) in [6.45, 7) is 0.332. The third-order valence-electron chi connectivity index (χ3n) is 3.09. The number of nitrogens with two attached hydrogens (primary N) is 1. The summed E-state index contributed by atoms with van der Waals surface area (Å²) in [7, 11) is 0. The van der Waals surface area contributed by atoms with E-state index in [0.29, 0.717) is 18.1 Å². The highest BCUT2D eigenvalue weighted by molar-refractivity contribution is 7.80. The van der Waals surface area contributed by atoms with Crippen molar-refractivity contribution in [1.82, 2.24) is 15.6 Å². The number of aromatic nitrogens is 1. The molecule has 3 rings (SSSR count). The minimum absolute atomic E-state index is 0.0509. The zero-order chi connectivity index (χ0) is 16.1. The van der Waals surface area contributed by atoms with Crippen molar-refractivity contribution in [1.29, 1.82) is 0 Å². The van der Waals surface area contributed by atoms with Gasteiger partial charge >= 0.3 is 5.97 Å². The first-order valence-electron chi connectivity index (χ1n) is 6.58. The molecule has 7 nitrogen and oxygen atoms in total. The monoisotopic (exact) mass is 320 g/mol. The van der Waals surface area contributed by atoms with E-state index in [1.54, 1.807) is 0 Å². The van der Waals surface area contributed by atoms with Gasteiger partial charge in [-0.25, -0.2) is 0 Å². The lowest BCUT2D eigenvalue weighted by Gasteiger charge is -2.04. The number of H-pyrrole nitrogens is 1. The molecule has 1 aromatic carbocycles. The van der Waals surface area contributed by atoms with Gasteiger partial charge in [0.25, 0.3) is 0 Å². The molecular formula is C14H16N4O3S. The quantitative estimate of drug-likeness (QED) is 0.512. The van der Waals surface area contributed by atoms with Gasteiger partial charge in [0, 0.05) is 23.5 Å². The number of fused-ring (bicyclic) bond motifs is 1. The van der Waals surface area contributed by atoms with E-state index in [4.69, 9.17) is 10.8 Å². The van der Waals surface area contributed by atoms with Gasteiger partial charge in [0.2, 0.25) is 5.91 Å². The number of aliphatic carboxylic acids is 1. The predicted octanol–water partition coefficient (Wildman–Crippen LogP) is 0.113. The Labute approximate surface area is 131 Å². The lowest BCUT2D eigenvalue weighted by Crippen LogP contribution is -2.32. The fraction of sp³-hybridized carbons (Fsp3) is 0.214. The van der Waals surface area contributed by atoms with Crippen LogP contribution in [0.5, 0.6) is 0 Å². The van der Waals surface area contributed by atoms with E-state index in [1.165, 1.54) is 0 Å². The minimum atomic E-state index is -0.972. The molecule has 1 aliphatic heterocycles. The zero-order valence-electron chi connectivity index (χ0n) is 11.6. The number of nitrogens with one attached hydrogen (secondary N) is 3. The molecule has 116 valence electrons. The summed E-state index contributed by atoms with van der Waals surface area (Å²) >= 11 is 4.55. The van der Waals surface area contributed by atoms with Crippen molar-refractivity contribution < 1.29 is 14.7 Å². The second-order valence-electron chi connectivity index (χ2n) is 4.74. The maximum absolute atomic E-state index is 10.6. The van der Waals surface area contributed by atoms with E-state index in [0.717, 1.165) is 16.5 Å². The van der Waals surface area contributed by atoms with Crippen molar-refractivity contribution in [2.45, 2.75) is 12.5 Å². The van der Waals surface area contributed by atoms with Crippen LogP contribution in [0.25, 0.3) is 10.9 Å². The predicted molar refractivity (Wildman–Crippen MR) is 86.4 cm³/mol. The fourth-order valence-corrected chi connectivity index (χ4v) is 2.19. The summed E-state index contributed by atoms with van der Waals surface area (Å²) < 4.78 is 0. The first-order chi connectivity index (χ1) is 10.5. The highest BCUT2D eigenvalue weighted by Gasteiger charge is 2.14. The van der Waals surface area contributed by atoms with Crippen molar-refractivity contribution in [3.8, 4) is 0 Å². The first-order valence-corrected chi connectivity index (χ1v) is 6.99.